The lowest BCUT2D eigenvalue weighted by atomic mass is 9.80. The van der Waals surface area contributed by atoms with Crippen molar-refractivity contribution in [2.75, 3.05) is 26.2 Å². The van der Waals surface area contributed by atoms with Crippen LogP contribution in [-0.4, -0.2) is 37.0 Å². The van der Waals surface area contributed by atoms with Gasteiger partial charge in [0.2, 0.25) is 5.91 Å². The summed E-state index contributed by atoms with van der Waals surface area (Å²) < 4.78 is 0. The smallest absolute Gasteiger partial charge is 0.229 e. The quantitative estimate of drug-likeness (QED) is 0.817. The van der Waals surface area contributed by atoms with Crippen molar-refractivity contribution in [3.8, 4) is 0 Å². The molecule has 2 aliphatic heterocycles. The number of hydrogen-bond donors (Lipinski definition) is 1. The molecular weight excluding hydrogens is 224 g/mol. The van der Waals surface area contributed by atoms with Crippen LogP contribution in [0.3, 0.4) is 0 Å². The standard InChI is InChI=1S/C15H28N2O/c1-12(2)13-5-9-17(10-6-13)14(18)15(3)7-4-8-16-11-15/h12-13,16H,4-11H2,1-3H3. The Morgan fingerprint density at radius 2 is 2.00 bits per heavy atom. The van der Waals surface area contributed by atoms with Crippen molar-refractivity contribution < 1.29 is 4.79 Å². The van der Waals surface area contributed by atoms with E-state index in [1.165, 1.54) is 12.8 Å². The van der Waals surface area contributed by atoms with Gasteiger partial charge in [-0.3, -0.25) is 4.79 Å². The normalized spacial score (nSPS) is 30.8. The number of nitrogens with zero attached hydrogens (tertiary/aromatic N) is 1. The highest BCUT2D eigenvalue weighted by Crippen LogP contribution is 2.31. The molecule has 1 unspecified atom stereocenters. The van der Waals surface area contributed by atoms with Crippen LogP contribution in [-0.2, 0) is 4.79 Å². The van der Waals surface area contributed by atoms with Crippen molar-refractivity contribution in [3.05, 3.63) is 0 Å². The summed E-state index contributed by atoms with van der Waals surface area (Å²) in [5.74, 6) is 1.96. The number of rotatable bonds is 2. The number of hydrogen-bond acceptors (Lipinski definition) is 2. The van der Waals surface area contributed by atoms with E-state index in [1.54, 1.807) is 0 Å². The zero-order valence-corrected chi connectivity index (χ0v) is 12.2. The number of carbonyl (C=O) groups is 1. The Morgan fingerprint density at radius 3 is 2.50 bits per heavy atom. The number of nitrogens with one attached hydrogen (secondary N) is 1. The Bertz CT molecular complexity index is 287. The molecule has 1 amide bonds. The lowest BCUT2D eigenvalue weighted by Gasteiger charge is -2.41. The molecule has 1 N–H and O–H groups in total. The van der Waals surface area contributed by atoms with E-state index in [1.807, 2.05) is 0 Å². The first-order valence-corrected chi connectivity index (χ1v) is 7.53. The monoisotopic (exact) mass is 252 g/mol. The second-order valence-corrected chi connectivity index (χ2v) is 6.71. The van der Waals surface area contributed by atoms with E-state index in [0.717, 1.165) is 50.9 Å². The molecule has 0 aromatic heterocycles. The summed E-state index contributed by atoms with van der Waals surface area (Å²) in [5.41, 5.74) is -0.150. The van der Waals surface area contributed by atoms with Gasteiger partial charge in [0.15, 0.2) is 0 Å². The van der Waals surface area contributed by atoms with E-state index in [2.05, 4.69) is 31.0 Å². The third-order valence-corrected chi connectivity index (χ3v) is 4.88. The number of amides is 1. The third kappa shape index (κ3) is 2.87. The van der Waals surface area contributed by atoms with E-state index in [9.17, 15) is 4.79 Å². The molecule has 0 saturated carbocycles. The predicted octanol–water partition coefficient (Wildman–Crippen LogP) is 2.27. The highest BCUT2D eigenvalue weighted by atomic mass is 16.2. The molecule has 0 spiro atoms. The first-order chi connectivity index (χ1) is 8.53. The van der Waals surface area contributed by atoms with Gasteiger partial charge < -0.3 is 10.2 Å². The number of piperidine rings is 2. The summed E-state index contributed by atoms with van der Waals surface area (Å²) in [7, 11) is 0. The van der Waals surface area contributed by atoms with Crippen molar-refractivity contribution >= 4 is 5.91 Å². The van der Waals surface area contributed by atoms with Crippen molar-refractivity contribution in [2.45, 2.75) is 46.5 Å². The van der Waals surface area contributed by atoms with Gasteiger partial charge in [-0.25, -0.2) is 0 Å². The molecule has 2 aliphatic rings. The van der Waals surface area contributed by atoms with Crippen molar-refractivity contribution in [3.63, 3.8) is 0 Å². The van der Waals surface area contributed by atoms with Crippen LogP contribution in [0.15, 0.2) is 0 Å². The molecule has 2 fully saturated rings. The Kier molecular flexibility index (Phi) is 4.31. The van der Waals surface area contributed by atoms with E-state index < -0.39 is 0 Å². The summed E-state index contributed by atoms with van der Waals surface area (Å²) in [6.45, 7) is 10.6. The zero-order valence-electron chi connectivity index (χ0n) is 12.2. The van der Waals surface area contributed by atoms with E-state index in [4.69, 9.17) is 0 Å². The first-order valence-electron chi connectivity index (χ1n) is 7.53. The minimum absolute atomic E-state index is 0.150. The fraction of sp³-hybridized carbons (Fsp3) is 0.933. The fourth-order valence-electron chi connectivity index (χ4n) is 3.39. The van der Waals surface area contributed by atoms with Gasteiger partial charge in [-0.2, -0.15) is 0 Å². The van der Waals surface area contributed by atoms with E-state index >= 15 is 0 Å². The molecular formula is C15H28N2O. The SMILES string of the molecule is CC(C)C1CCN(C(=O)C2(C)CCCNC2)CC1. The van der Waals surface area contributed by atoms with Gasteiger partial charge >= 0.3 is 0 Å². The average Bonchev–Trinajstić information content (AvgIpc) is 2.39. The topological polar surface area (TPSA) is 32.3 Å². The van der Waals surface area contributed by atoms with Crippen LogP contribution >= 0.6 is 0 Å². The second kappa shape index (κ2) is 5.60. The molecule has 2 heterocycles. The van der Waals surface area contributed by atoms with Crippen LogP contribution in [0.4, 0.5) is 0 Å². The van der Waals surface area contributed by atoms with Crippen LogP contribution in [0.2, 0.25) is 0 Å². The predicted molar refractivity (Wildman–Crippen MR) is 74.4 cm³/mol. The molecule has 3 nitrogen and oxygen atoms in total. The van der Waals surface area contributed by atoms with Gasteiger partial charge in [0.1, 0.15) is 0 Å². The fourth-order valence-corrected chi connectivity index (χ4v) is 3.39. The molecule has 0 aromatic carbocycles. The molecule has 0 aromatic rings. The largest absolute Gasteiger partial charge is 0.342 e. The maximum Gasteiger partial charge on any atom is 0.229 e. The van der Waals surface area contributed by atoms with E-state index in [0.29, 0.717) is 5.91 Å². The molecule has 2 rings (SSSR count). The molecule has 0 bridgehead atoms. The average molecular weight is 252 g/mol. The van der Waals surface area contributed by atoms with Crippen LogP contribution < -0.4 is 5.32 Å². The summed E-state index contributed by atoms with van der Waals surface area (Å²) in [6, 6.07) is 0. The van der Waals surface area contributed by atoms with Crippen LogP contribution in [0.1, 0.15) is 46.5 Å². The lowest BCUT2D eigenvalue weighted by Crippen LogP contribution is -2.52. The van der Waals surface area contributed by atoms with Crippen molar-refractivity contribution in [2.24, 2.45) is 17.3 Å². The van der Waals surface area contributed by atoms with E-state index in [-0.39, 0.29) is 5.41 Å². The van der Waals surface area contributed by atoms with Crippen LogP contribution in [0.5, 0.6) is 0 Å². The van der Waals surface area contributed by atoms with Gasteiger partial charge in [0.25, 0.3) is 0 Å². The van der Waals surface area contributed by atoms with Crippen molar-refractivity contribution in [1.82, 2.24) is 10.2 Å². The minimum atomic E-state index is -0.150. The minimum Gasteiger partial charge on any atom is -0.342 e. The number of carbonyl (C=O) groups excluding carboxylic acids is 1. The molecule has 3 heteroatoms. The Labute approximate surface area is 111 Å². The summed E-state index contributed by atoms with van der Waals surface area (Å²) >= 11 is 0. The van der Waals surface area contributed by atoms with Gasteiger partial charge in [0.05, 0.1) is 5.41 Å². The van der Waals surface area contributed by atoms with Crippen LogP contribution in [0.25, 0.3) is 0 Å². The Hall–Kier alpha value is -0.570. The highest BCUT2D eigenvalue weighted by Gasteiger charge is 2.38. The maximum absolute atomic E-state index is 12.6. The van der Waals surface area contributed by atoms with Gasteiger partial charge in [-0.15, -0.1) is 0 Å². The van der Waals surface area contributed by atoms with Gasteiger partial charge in [0, 0.05) is 19.6 Å². The molecule has 0 radical (unpaired) electrons. The van der Waals surface area contributed by atoms with Gasteiger partial charge in [-0.1, -0.05) is 13.8 Å². The zero-order chi connectivity index (χ0) is 13.2. The molecule has 0 aliphatic carbocycles. The third-order valence-electron chi connectivity index (χ3n) is 4.88. The summed E-state index contributed by atoms with van der Waals surface area (Å²) in [6.07, 6.45) is 4.55. The Morgan fingerprint density at radius 1 is 1.33 bits per heavy atom. The first kappa shape index (κ1) is 13.9. The highest BCUT2D eigenvalue weighted by molar-refractivity contribution is 5.82. The van der Waals surface area contributed by atoms with Crippen molar-refractivity contribution in [1.29, 1.82) is 0 Å². The Balaban J connectivity index is 1.90. The second-order valence-electron chi connectivity index (χ2n) is 6.71. The molecule has 104 valence electrons. The molecule has 1 atom stereocenters. The summed E-state index contributed by atoms with van der Waals surface area (Å²) in [5, 5.41) is 3.37. The summed E-state index contributed by atoms with van der Waals surface area (Å²) in [4.78, 5) is 14.8. The number of likely N-dealkylation sites (tertiary alicyclic amines) is 1. The molecule has 18 heavy (non-hydrogen) atoms. The molecule has 2 saturated heterocycles. The van der Waals surface area contributed by atoms with Gasteiger partial charge in [-0.05, 0) is 51.0 Å². The van der Waals surface area contributed by atoms with Crippen LogP contribution in [0, 0.1) is 17.3 Å². The lowest BCUT2D eigenvalue weighted by molar-refractivity contribution is -0.143. The maximum atomic E-state index is 12.6.